The van der Waals surface area contributed by atoms with Crippen LogP contribution in [0.4, 0.5) is 5.69 Å². The highest BCUT2D eigenvalue weighted by Gasteiger charge is 2.23. The van der Waals surface area contributed by atoms with Gasteiger partial charge in [-0.2, -0.15) is 0 Å². The van der Waals surface area contributed by atoms with Gasteiger partial charge in [0, 0.05) is 10.1 Å². The molecule has 0 aliphatic carbocycles. The summed E-state index contributed by atoms with van der Waals surface area (Å²) in [5.74, 6) is 0.631. The number of hydrogen-bond donors (Lipinski definition) is 0. The normalized spacial score (nSPS) is 11.2. The van der Waals surface area contributed by atoms with Crippen molar-refractivity contribution < 1.29 is 13.2 Å². The highest BCUT2D eigenvalue weighted by Crippen LogP contribution is 2.25. The molecule has 0 aromatic heterocycles. The van der Waals surface area contributed by atoms with Crippen LogP contribution in [0.5, 0.6) is 5.75 Å². The Hall–Kier alpha value is -1.28. The highest BCUT2D eigenvalue weighted by atomic mass is 127. The summed E-state index contributed by atoms with van der Waals surface area (Å²) in [5, 5.41) is 0. The average Bonchev–Trinajstić information content (AvgIpc) is 2.50. The number of benzene rings is 2. The summed E-state index contributed by atoms with van der Waals surface area (Å²) in [6, 6.07) is 13.8. The lowest BCUT2D eigenvalue weighted by Crippen LogP contribution is -2.30. The third-order valence-electron chi connectivity index (χ3n) is 3.05. The van der Waals surface area contributed by atoms with E-state index in [-0.39, 0.29) is 4.90 Å². The van der Waals surface area contributed by atoms with Crippen LogP contribution in [-0.2, 0) is 10.0 Å². The summed E-state index contributed by atoms with van der Waals surface area (Å²) in [7, 11) is -2.02. The van der Waals surface area contributed by atoms with E-state index in [1.807, 2.05) is 31.2 Å². The van der Waals surface area contributed by atoms with E-state index in [2.05, 4.69) is 22.6 Å². The van der Waals surface area contributed by atoms with Gasteiger partial charge in [-0.25, -0.2) is 8.42 Å². The lowest BCUT2D eigenvalue weighted by atomic mass is 10.3. The Bertz CT molecular complexity index is 697. The van der Waals surface area contributed by atoms with Gasteiger partial charge in [0.1, 0.15) is 5.75 Å². The molecule has 0 aliphatic heterocycles. The number of anilines is 1. The van der Waals surface area contributed by atoms with Gasteiger partial charge in [-0.1, -0.05) is 0 Å². The molecule has 0 unspecified atom stereocenters. The number of sulfonamides is 1. The number of methoxy groups -OCH3 is 1. The first-order chi connectivity index (χ1) is 9.98. The quantitative estimate of drug-likeness (QED) is 0.700. The fourth-order valence-electron chi connectivity index (χ4n) is 1.97. The van der Waals surface area contributed by atoms with E-state index in [4.69, 9.17) is 4.74 Å². The Morgan fingerprint density at radius 3 is 2.10 bits per heavy atom. The van der Waals surface area contributed by atoms with E-state index in [9.17, 15) is 8.42 Å². The van der Waals surface area contributed by atoms with Crippen molar-refractivity contribution in [1.82, 2.24) is 0 Å². The highest BCUT2D eigenvalue weighted by molar-refractivity contribution is 14.1. The minimum absolute atomic E-state index is 0.253. The molecular formula is C15H16INO3S. The number of ether oxygens (including phenoxy) is 1. The molecule has 0 fully saturated rings. The first kappa shape index (κ1) is 16.1. The smallest absolute Gasteiger partial charge is 0.264 e. The first-order valence-electron chi connectivity index (χ1n) is 6.41. The van der Waals surface area contributed by atoms with Crippen LogP contribution in [-0.4, -0.2) is 22.1 Å². The molecule has 4 nitrogen and oxygen atoms in total. The molecule has 2 aromatic rings. The summed E-state index contributed by atoms with van der Waals surface area (Å²) in [6.45, 7) is 2.19. The van der Waals surface area contributed by atoms with Crippen molar-refractivity contribution in [3.05, 3.63) is 52.1 Å². The molecule has 0 heterocycles. The molecule has 0 bridgehead atoms. The number of rotatable bonds is 5. The molecule has 0 N–H and O–H groups in total. The van der Waals surface area contributed by atoms with Crippen LogP contribution in [0.3, 0.4) is 0 Å². The van der Waals surface area contributed by atoms with E-state index >= 15 is 0 Å². The van der Waals surface area contributed by atoms with Gasteiger partial charge in [0.2, 0.25) is 0 Å². The summed E-state index contributed by atoms with van der Waals surface area (Å²) in [4.78, 5) is 0.253. The third kappa shape index (κ3) is 3.49. The number of hydrogen-bond acceptors (Lipinski definition) is 3. The average molecular weight is 417 g/mol. The Labute approximate surface area is 138 Å². The molecular weight excluding hydrogens is 401 g/mol. The summed E-state index contributed by atoms with van der Waals surface area (Å²) in [5.41, 5.74) is 0.661. The van der Waals surface area contributed by atoms with Crippen LogP contribution in [0.2, 0.25) is 0 Å². The molecule has 0 radical (unpaired) electrons. The monoisotopic (exact) mass is 417 g/mol. The van der Waals surface area contributed by atoms with Gasteiger partial charge in [0.15, 0.2) is 0 Å². The van der Waals surface area contributed by atoms with Gasteiger partial charge in [0.05, 0.1) is 17.7 Å². The van der Waals surface area contributed by atoms with Crippen molar-refractivity contribution in [1.29, 1.82) is 0 Å². The summed E-state index contributed by atoms with van der Waals surface area (Å²) >= 11 is 2.19. The van der Waals surface area contributed by atoms with Crippen LogP contribution in [0, 0.1) is 3.57 Å². The van der Waals surface area contributed by atoms with Gasteiger partial charge in [0.25, 0.3) is 10.0 Å². The SMILES string of the molecule is CCN(c1ccc(I)cc1)S(=O)(=O)c1ccc(OC)cc1. The standard InChI is InChI=1S/C15H16INO3S/c1-3-17(13-6-4-12(16)5-7-13)21(18,19)15-10-8-14(20-2)9-11-15/h4-11H,3H2,1-2H3. The van der Waals surface area contributed by atoms with Crippen molar-refractivity contribution in [2.45, 2.75) is 11.8 Å². The molecule has 2 rings (SSSR count). The van der Waals surface area contributed by atoms with Gasteiger partial charge in [-0.05, 0) is 78.0 Å². The van der Waals surface area contributed by atoms with Crippen LogP contribution >= 0.6 is 22.6 Å². The fraction of sp³-hybridized carbons (Fsp3) is 0.200. The lowest BCUT2D eigenvalue weighted by Gasteiger charge is -2.23. The Morgan fingerprint density at radius 2 is 1.62 bits per heavy atom. The van der Waals surface area contributed by atoms with Crippen LogP contribution in [0.25, 0.3) is 0 Å². The minimum atomic E-state index is -3.57. The van der Waals surface area contributed by atoms with Crippen LogP contribution < -0.4 is 9.04 Å². The second kappa shape index (κ2) is 6.65. The van der Waals surface area contributed by atoms with Crippen molar-refractivity contribution in [3.8, 4) is 5.75 Å². The Morgan fingerprint density at radius 1 is 1.05 bits per heavy atom. The molecule has 0 spiro atoms. The molecule has 0 amide bonds. The summed E-state index contributed by atoms with van der Waals surface area (Å²) in [6.07, 6.45) is 0. The second-order valence-electron chi connectivity index (χ2n) is 4.32. The predicted octanol–water partition coefficient (Wildman–Crippen LogP) is 3.52. The molecule has 21 heavy (non-hydrogen) atoms. The summed E-state index contributed by atoms with van der Waals surface area (Å²) < 4.78 is 33.0. The van der Waals surface area contributed by atoms with Gasteiger partial charge < -0.3 is 4.74 Å². The molecule has 112 valence electrons. The largest absolute Gasteiger partial charge is 0.497 e. The third-order valence-corrected chi connectivity index (χ3v) is 5.69. The van der Waals surface area contributed by atoms with E-state index in [1.165, 1.54) is 4.31 Å². The minimum Gasteiger partial charge on any atom is -0.497 e. The number of nitrogens with zero attached hydrogens (tertiary/aromatic N) is 1. The fourth-order valence-corrected chi connectivity index (χ4v) is 3.81. The van der Waals surface area contributed by atoms with Crippen molar-refractivity contribution in [2.75, 3.05) is 18.0 Å². The van der Waals surface area contributed by atoms with Crippen molar-refractivity contribution >= 4 is 38.3 Å². The number of halogens is 1. The van der Waals surface area contributed by atoms with Gasteiger partial charge in [-0.15, -0.1) is 0 Å². The predicted molar refractivity (Wildman–Crippen MR) is 92.4 cm³/mol. The molecule has 6 heteroatoms. The molecule has 0 saturated carbocycles. The van der Waals surface area contributed by atoms with E-state index in [0.717, 1.165) is 3.57 Å². The van der Waals surface area contributed by atoms with Crippen molar-refractivity contribution in [3.63, 3.8) is 0 Å². The lowest BCUT2D eigenvalue weighted by molar-refractivity contribution is 0.414. The molecule has 0 saturated heterocycles. The van der Waals surface area contributed by atoms with Crippen LogP contribution in [0.15, 0.2) is 53.4 Å². The zero-order valence-corrected chi connectivity index (χ0v) is 14.8. The zero-order valence-electron chi connectivity index (χ0n) is 11.8. The van der Waals surface area contributed by atoms with E-state index in [1.54, 1.807) is 31.4 Å². The maximum atomic E-state index is 12.7. The Balaban J connectivity index is 2.41. The zero-order chi connectivity index (χ0) is 15.5. The first-order valence-corrected chi connectivity index (χ1v) is 8.93. The maximum Gasteiger partial charge on any atom is 0.264 e. The van der Waals surface area contributed by atoms with Crippen LogP contribution in [0.1, 0.15) is 6.92 Å². The topological polar surface area (TPSA) is 46.6 Å². The Kier molecular flexibility index (Phi) is 5.10. The molecule has 0 aliphatic rings. The van der Waals surface area contributed by atoms with Crippen molar-refractivity contribution in [2.24, 2.45) is 0 Å². The second-order valence-corrected chi connectivity index (χ2v) is 7.43. The van der Waals surface area contributed by atoms with Gasteiger partial charge in [-0.3, -0.25) is 4.31 Å². The van der Waals surface area contributed by atoms with Gasteiger partial charge >= 0.3 is 0 Å². The molecule has 2 aromatic carbocycles. The maximum absolute atomic E-state index is 12.7. The van der Waals surface area contributed by atoms with E-state index in [0.29, 0.717) is 18.0 Å². The van der Waals surface area contributed by atoms with E-state index < -0.39 is 10.0 Å². The molecule has 0 atom stereocenters.